The van der Waals surface area contributed by atoms with Gasteiger partial charge in [0.15, 0.2) is 0 Å². The Morgan fingerprint density at radius 2 is 1.91 bits per heavy atom. The van der Waals surface area contributed by atoms with E-state index in [2.05, 4.69) is 17.3 Å². The fraction of sp³-hybridized carbons (Fsp3) is 0.471. The van der Waals surface area contributed by atoms with Gasteiger partial charge in [-0.05, 0) is 44.9 Å². The topological polar surface area (TPSA) is 70.3 Å². The summed E-state index contributed by atoms with van der Waals surface area (Å²) in [6, 6.07) is 7.65. The predicted molar refractivity (Wildman–Crippen MR) is 86.9 cm³/mol. The van der Waals surface area contributed by atoms with E-state index in [0.717, 1.165) is 24.4 Å². The van der Waals surface area contributed by atoms with Gasteiger partial charge < -0.3 is 15.5 Å². The van der Waals surface area contributed by atoms with Crippen LogP contribution in [0.15, 0.2) is 24.3 Å². The van der Waals surface area contributed by atoms with E-state index in [1.807, 2.05) is 30.7 Å². The van der Waals surface area contributed by atoms with E-state index in [1.54, 1.807) is 12.1 Å². The van der Waals surface area contributed by atoms with Crippen molar-refractivity contribution >= 4 is 0 Å². The Balaban J connectivity index is 1.93. The molecule has 0 fully saturated rings. The molecule has 0 radical (unpaired) electrons. The van der Waals surface area contributed by atoms with Crippen molar-refractivity contribution in [3.63, 3.8) is 0 Å². The summed E-state index contributed by atoms with van der Waals surface area (Å²) in [6.45, 7) is 7.60. The molecule has 0 saturated heterocycles. The van der Waals surface area contributed by atoms with Crippen LogP contribution < -0.4 is 5.32 Å². The third kappa shape index (κ3) is 4.08. The maximum absolute atomic E-state index is 9.31. The van der Waals surface area contributed by atoms with Gasteiger partial charge in [0.25, 0.3) is 0 Å². The Morgan fingerprint density at radius 3 is 2.55 bits per heavy atom. The summed E-state index contributed by atoms with van der Waals surface area (Å²) in [5.41, 5.74) is 4.51. The first-order valence-electron chi connectivity index (χ1n) is 7.66. The number of phenols is 1. The first-order valence-corrected chi connectivity index (χ1v) is 7.66. The Hall–Kier alpha value is -1.85. The van der Waals surface area contributed by atoms with Crippen LogP contribution in [0.3, 0.4) is 0 Å². The molecule has 120 valence electrons. The average Bonchev–Trinajstić information content (AvgIpc) is 2.74. The fourth-order valence-electron chi connectivity index (χ4n) is 2.64. The Labute approximate surface area is 131 Å². The Kier molecular flexibility index (Phi) is 5.57. The second-order valence-corrected chi connectivity index (χ2v) is 5.75. The van der Waals surface area contributed by atoms with E-state index in [9.17, 15) is 5.11 Å². The molecular weight excluding hydrogens is 278 g/mol. The molecule has 0 amide bonds. The highest BCUT2D eigenvalue weighted by Crippen LogP contribution is 2.14. The molecule has 1 heterocycles. The molecule has 0 spiro atoms. The zero-order valence-corrected chi connectivity index (χ0v) is 13.5. The van der Waals surface area contributed by atoms with E-state index in [4.69, 9.17) is 5.11 Å². The summed E-state index contributed by atoms with van der Waals surface area (Å²) in [5, 5.41) is 26.3. The van der Waals surface area contributed by atoms with Crippen LogP contribution >= 0.6 is 0 Å². The highest BCUT2D eigenvalue weighted by atomic mass is 16.3. The molecule has 5 nitrogen and oxygen atoms in total. The van der Waals surface area contributed by atoms with Gasteiger partial charge in [0.1, 0.15) is 5.75 Å². The van der Waals surface area contributed by atoms with E-state index in [1.165, 1.54) is 11.1 Å². The third-order valence-electron chi connectivity index (χ3n) is 3.95. The number of aromatic hydroxyl groups is 1. The van der Waals surface area contributed by atoms with Crippen molar-refractivity contribution in [1.82, 2.24) is 15.1 Å². The van der Waals surface area contributed by atoms with Crippen LogP contribution in [0.4, 0.5) is 0 Å². The van der Waals surface area contributed by atoms with E-state index in [0.29, 0.717) is 18.3 Å². The van der Waals surface area contributed by atoms with Gasteiger partial charge in [0.05, 0.1) is 18.8 Å². The van der Waals surface area contributed by atoms with Crippen LogP contribution in [0.1, 0.15) is 29.4 Å². The maximum Gasteiger partial charge on any atom is 0.115 e. The summed E-state index contributed by atoms with van der Waals surface area (Å²) in [6.07, 6.45) is 0.906. The van der Waals surface area contributed by atoms with Crippen LogP contribution in [0.5, 0.6) is 5.75 Å². The molecule has 1 atom stereocenters. The second kappa shape index (κ2) is 7.42. The lowest BCUT2D eigenvalue weighted by molar-refractivity contribution is 0.267. The lowest BCUT2D eigenvalue weighted by Crippen LogP contribution is -2.28. The first kappa shape index (κ1) is 16.5. The van der Waals surface area contributed by atoms with Crippen molar-refractivity contribution in [2.75, 3.05) is 6.61 Å². The minimum absolute atomic E-state index is 0.103. The minimum Gasteiger partial charge on any atom is -0.508 e. The lowest BCUT2D eigenvalue weighted by Gasteiger charge is -2.14. The van der Waals surface area contributed by atoms with Crippen molar-refractivity contribution in [1.29, 1.82) is 0 Å². The molecule has 3 N–H and O–H groups in total. The molecule has 1 unspecified atom stereocenters. The minimum atomic E-state index is 0.103. The van der Waals surface area contributed by atoms with Crippen molar-refractivity contribution in [3.8, 4) is 5.75 Å². The van der Waals surface area contributed by atoms with Crippen molar-refractivity contribution in [2.45, 2.75) is 46.3 Å². The summed E-state index contributed by atoms with van der Waals surface area (Å²) in [5.74, 6) is 0.298. The number of aromatic nitrogens is 2. The number of aryl methyl sites for hydroxylation is 1. The zero-order chi connectivity index (χ0) is 16.1. The largest absolute Gasteiger partial charge is 0.508 e. The molecule has 22 heavy (non-hydrogen) atoms. The molecule has 2 aromatic rings. The first-order chi connectivity index (χ1) is 10.5. The third-order valence-corrected chi connectivity index (χ3v) is 3.95. The summed E-state index contributed by atoms with van der Waals surface area (Å²) in [7, 11) is 0. The maximum atomic E-state index is 9.31. The van der Waals surface area contributed by atoms with Crippen LogP contribution in [0, 0.1) is 13.8 Å². The SMILES string of the molecule is Cc1nn(CCO)c(C)c1CNC(C)Cc1ccc(O)cc1. The van der Waals surface area contributed by atoms with Crippen LogP contribution in [-0.4, -0.2) is 32.6 Å². The van der Waals surface area contributed by atoms with E-state index in [-0.39, 0.29) is 6.61 Å². The van der Waals surface area contributed by atoms with Gasteiger partial charge in [-0.2, -0.15) is 5.10 Å². The number of hydrogen-bond donors (Lipinski definition) is 3. The smallest absolute Gasteiger partial charge is 0.115 e. The highest BCUT2D eigenvalue weighted by molar-refractivity contribution is 5.27. The number of aliphatic hydroxyl groups is 1. The molecule has 0 aliphatic carbocycles. The summed E-state index contributed by atoms with van der Waals surface area (Å²) in [4.78, 5) is 0. The molecule has 1 aromatic carbocycles. The summed E-state index contributed by atoms with van der Waals surface area (Å²) < 4.78 is 1.86. The number of rotatable bonds is 7. The van der Waals surface area contributed by atoms with Crippen molar-refractivity contribution in [3.05, 3.63) is 46.8 Å². The highest BCUT2D eigenvalue weighted by Gasteiger charge is 2.12. The molecule has 0 bridgehead atoms. The van der Waals surface area contributed by atoms with Gasteiger partial charge in [-0.15, -0.1) is 0 Å². The van der Waals surface area contributed by atoms with Gasteiger partial charge in [0.2, 0.25) is 0 Å². The van der Waals surface area contributed by atoms with Crippen molar-refractivity contribution < 1.29 is 10.2 Å². The Morgan fingerprint density at radius 1 is 1.23 bits per heavy atom. The molecule has 5 heteroatoms. The van der Waals surface area contributed by atoms with Crippen LogP contribution in [-0.2, 0) is 19.5 Å². The lowest BCUT2D eigenvalue weighted by atomic mass is 10.1. The zero-order valence-electron chi connectivity index (χ0n) is 13.5. The number of aliphatic hydroxyl groups excluding tert-OH is 1. The standard InChI is InChI=1S/C17H25N3O2/c1-12(10-15-4-6-16(22)7-5-15)18-11-17-13(2)19-20(8-9-21)14(17)3/h4-7,12,18,21-22H,8-11H2,1-3H3. The molecule has 2 rings (SSSR count). The van der Waals surface area contributed by atoms with Gasteiger partial charge in [-0.25, -0.2) is 0 Å². The normalized spacial score (nSPS) is 12.5. The number of phenolic OH excluding ortho intramolecular Hbond substituents is 1. The number of hydrogen-bond acceptors (Lipinski definition) is 4. The quantitative estimate of drug-likeness (QED) is 0.731. The monoisotopic (exact) mass is 303 g/mol. The number of benzene rings is 1. The van der Waals surface area contributed by atoms with Gasteiger partial charge in [-0.3, -0.25) is 4.68 Å². The number of nitrogens with zero attached hydrogens (tertiary/aromatic N) is 2. The second-order valence-electron chi connectivity index (χ2n) is 5.75. The predicted octanol–water partition coefficient (Wildman–Crippen LogP) is 1.92. The Bertz CT molecular complexity index is 605. The van der Waals surface area contributed by atoms with Gasteiger partial charge in [0, 0.05) is 23.8 Å². The van der Waals surface area contributed by atoms with E-state index < -0.39 is 0 Å². The van der Waals surface area contributed by atoms with Crippen molar-refractivity contribution in [2.24, 2.45) is 0 Å². The average molecular weight is 303 g/mol. The summed E-state index contributed by atoms with van der Waals surface area (Å²) >= 11 is 0. The molecule has 0 aliphatic heterocycles. The van der Waals surface area contributed by atoms with Crippen LogP contribution in [0.25, 0.3) is 0 Å². The van der Waals surface area contributed by atoms with E-state index >= 15 is 0 Å². The number of nitrogens with one attached hydrogen (secondary N) is 1. The molecular formula is C17H25N3O2. The molecule has 0 aliphatic rings. The van der Waals surface area contributed by atoms with Crippen LogP contribution in [0.2, 0.25) is 0 Å². The van der Waals surface area contributed by atoms with Gasteiger partial charge >= 0.3 is 0 Å². The molecule has 0 saturated carbocycles. The van der Waals surface area contributed by atoms with Gasteiger partial charge in [-0.1, -0.05) is 12.1 Å². The molecule has 1 aromatic heterocycles. The fourth-order valence-corrected chi connectivity index (χ4v) is 2.64.